The zero-order chi connectivity index (χ0) is 19.5. The molecule has 0 aromatic rings. The summed E-state index contributed by atoms with van der Waals surface area (Å²) in [5.41, 5.74) is 0. The van der Waals surface area contributed by atoms with Gasteiger partial charge in [-0.1, -0.05) is 39.7 Å². The van der Waals surface area contributed by atoms with Gasteiger partial charge in [0.05, 0.1) is 11.9 Å². The van der Waals surface area contributed by atoms with Gasteiger partial charge in [0, 0.05) is 6.54 Å². The molecule has 2 nitrogen and oxygen atoms in total. The summed E-state index contributed by atoms with van der Waals surface area (Å²) in [6.07, 6.45) is 7.71. The number of alkyl halides is 1. The van der Waals surface area contributed by atoms with Crippen LogP contribution in [0.3, 0.4) is 0 Å². The van der Waals surface area contributed by atoms with Gasteiger partial charge in [0.25, 0.3) is 0 Å². The van der Waals surface area contributed by atoms with Gasteiger partial charge in [-0.15, -0.1) is 0 Å². The topological polar surface area (TPSA) is 32.3 Å². The van der Waals surface area contributed by atoms with Crippen molar-refractivity contribution in [2.45, 2.75) is 91.3 Å². The summed E-state index contributed by atoms with van der Waals surface area (Å²) in [4.78, 5) is 0. The Hall–Kier alpha value is -0.480. The normalized spacial score (nSPS) is 29.6. The third-order valence-electron chi connectivity index (χ3n) is 6.00. The fourth-order valence-corrected chi connectivity index (χ4v) is 4.62. The van der Waals surface area contributed by atoms with Crippen LogP contribution in [-0.2, 0) is 0 Å². The van der Waals surface area contributed by atoms with Crippen molar-refractivity contribution in [3.63, 3.8) is 0 Å². The number of nitrogens with one attached hydrogen (secondary N) is 1. The predicted molar refractivity (Wildman–Crippen MR) is 107 cm³/mol. The lowest BCUT2D eigenvalue weighted by atomic mass is 9.66. The molecule has 154 valence electrons. The van der Waals surface area contributed by atoms with Crippen molar-refractivity contribution in [1.29, 1.82) is 0 Å². The molecule has 6 unspecified atom stereocenters. The Morgan fingerprint density at radius 3 is 2.69 bits per heavy atom. The first kappa shape index (κ1) is 23.6. The summed E-state index contributed by atoms with van der Waals surface area (Å²) in [6, 6.07) is 0. The second-order valence-corrected chi connectivity index (χ2v) is 8.55. The Balaban J connectivity index is 2.31. The van der Waals surface area contributed by atoms with Gasteiger partial charge in [0.15, 0.2) is 0 Å². The molecule has 1 fully saturated rings. The number of hydrogen-bond acceptors (Lipinski definition) is 2. The van der Waals surface area contributed by atoms with Gasteiger partial charge in [0.2, 0.25) is 0 Å². The van der Waals surface area contributed by atoms with E-state index in [2.05, 4.69) is 26.1 Å². The number of halogens is 2. The largest absolute Gasteiger partial charge is 0.393 e. The van der Waals surface area contributed by atoms with Gasteiger partial charge in [0.1, 0.15) is 6.17 Å². The summed E-state index contributed by atoms with van der Waals surface area (Å²) < 4.78 is 26.3. The number of allylic oxidation sites excluding steroid dienone is 2. The van der Waals surface area contributed by atoms with E-state index in [9.17, 15) is 13.9 Å². The smallest absolute Gasteiger partial charge is 0.113 e. The standard InChI is InChI=1S/C22H41F2NO/c1-5-8-17(3)21-13-16(2)14-22(26)20(21)11-7-12-25-15-19(24)10-6-9-18(4)23/h9,16-17,19-22,25-26H,5-8,10-15H2,1-4H3/b18-9+. The Labute approximate surface area is 159 Å². The maximum absolute atomic E-state index is 13.7. The minimum absolute atomic E-state index is 0.187. The highest BCUT2D eigenvalue weighted by atomic mass is 19.1. The number of rotatable bonds is 12. The molecule has 26 heavy (non-hydrogen) atoms. The van der Waals surface area contributed by atoms with E-state index in [1.807, 2.05) is 0 Å². The molecule has 0 aliphatic heterocycles. The molecule has 1 aliphatic carbocycles. The van der Waals surface area contributed by atoms with Gasteiger partial charge in [-0.05, 0) is 75.7 Å². The van der Waals surface area contributed by atoms with E-state index in [0.29, 0.717) is 43.1 Å². The van der Waals surface area contributed by atoms with Crippen LogP contribution in [0, 0.1) is 23.7 Å². The van der Waals surface area contributed by atoms with Crippen LogP contribution in [0.25, 0.3) is 0 Å². The molecule has 0 aromatic carbocycles. The van der Waals surface area contributed by atoms with Crippen LogP contribution < -0.4 is 5.32 Å². The van der Waals surface area contributed by atoms with Crippen molar-refractivity contribution in [3.8, 4) is 0 Å². The van der Waals surface area contributed by atoms with Gasteiger partial charge in [-0.3, -0.25) is 0 Å². The molecule has 0 saturated heterocycles. The van der Waals surface area contributed by atoms with E-state index in [1.165, 1.54) is 32.3 Å². The molecule has 2 N–H and O–H groups in total. The van der Waals surface area contributed by atoms with E-state index in [-0.39, 0.29) is 11.9 Å². The van der Waals surface area contributed by atoms with Crippen LogP contribution in [0.2, 0.25) is 0 Å². The molecule has 0 bridgehead atoms. The highest BCUT2D eigenvalue weighted by molar-refractivity contribution is 4.88. The molecule has 4 heteroatoms. The summed E-state index contributed by atoms with van der Waals surface area (Å²) in [5, 5.41) is 13.8. The van der Waals surface area contributed by atoms with Crippen LogP contribution in [0.1, 0.15) is 79.1 Å². The lowest BCUT2D eigenvalue weighted by molar-refractivity contribution is -0.0144. The monoisotopic (exact) mass is 373 g/mol. The van der Waals surface area contributed by atoms with E-state index in [4.69, 9.17) is 0 Å². The Kier molecular flexibility index (Phi) is 11.6. The summed E-state index contributed by atoms with van der Waals surface area (Å²) in [5.74, 6) is 2.03. The molecule has 6 atom stereocenters. The molecule has 0 aromatic heterocycles. The van der Waals surface area contributed by atoms with Crippen molar-refractivity contribution in [1.82, 2.24) is 5.32 Å². The predicted octanol–water partition coefficient (Wildman–Crippen LogP) is 5.81. The third kappa shape index (κ3) is 8.94. The molecule has 0 radical (unpaired) electrons. The zero-order valence-corrected chi connectivity index (χ0v) is 17.3. The van der Waals surface area contributed by atoms with Gasteiger partial charge >= 0.3 is 0 Å². The van der Waals surface area contributed by atoms with Crippen LogP contribution in [0.4, 0.5) is 8.78 Å². The van der Waals surface area contributed by atoms with E-state index in [1.54, 1.807) is 0 Å². The quantitative estimate of drug-likeness (QED) is 0.423. The molecule has 1 aliphatic rings. The van der Waals surface area contributed by atoms with E-state index < -0.39 is 6.17 Å². The summed E-state index contributed by atoms with van der Waals surface area (Å²) in [6.45, 7) is 9.33. The fraction of sp³-hybridized carbons (Fsp3) is 0.909. The van der Waals surface area contributed by atoms with Crippen LogP contribution >= 0.6 is 0 Å². The lowest BCUT2D eigenvalue weighted by Gasteiger charge is -2.42. The van der Waals surface area contributed by atoms with Crippen LogP contribution in [-0.4, -0.2) is 30.5 Å². The lowest BCUT2D eigenvalue weighted by Crippen LogP contribution is -2.39. The first-order valence-electron chi connectivity index (χ1n) is 10.7. The second-order valence-electron chi connectivity index (χ2n) is 8.55. The van der Waals surface area contributed by atoms with Crippen molar-refractivity contribution in [3.05, 3.63) is 11.9 Å². The van der Waals surface area contributed by atoms with Crippen LogP contribution in [0.15, 0.2) is 11.9 Å². The zero-order valence-electron chi connectivity index (χ0n) is 17.3. The summed E-state index contributed by atoms with van der Waals surface area (Å²) >= 11 is 0. The molecule has 0 spiro atoms. The van der Waals surface area contributed by atoms with Gasteiger partial charge in [-0.2, -0.15) is 0 Å². The van der Waals surface area contributed by atoms with E-state index in [0.717, 1.165) is 25.8 Å². The average Bonchev–Trinajstić information content (AvgIpc) is 2.55. The molecule has 0 heterocycles. The highest BCUT2D eigenvalue weighted by Crippen LogP contribution is 2.41. The minimum Gasteiger partial charge on any atom is -0.393 e. The molecule has 0 amide bonds. The van der Waals surface area contributed by atoms with Crippen molar-refractivity contribution < 1.29 is 13.9 Å². The maximum Gasteiger partial charge on any atom is 0.113 e. The minimum atomic E-state index is -0.927. The number of aliphatic hydroxyl groups is 1. The van der Waals surface area contributed by atoms with E-state index >= 15 is 0 Å². The number of aliphatic hydroxyl groups excluding tert-OH is 1. The second kappa shape index (κ2) is 12.8. The highest BCUT2D eigenvalue weighted by Gasteiger charge is 2.37. The van der Waals surface area contributed by atoms with Crippen molar-refractivity contribution in [2.75, 3.05) is 13.1 Å². The Morgan fingerprint density at radius 2 is 2.04 bits per heavy atom. The van der Waals surface area contributed by atoms with Crippen molar-refractivity contribution >= 4 is 0 Å². The van der Waals surface area contributed by atoms with Gasteiger partial charge in [-0.25, -0.2) is 8.78 Å². The summed E-state index contributed by atoms with van der Waals surface area (Å²) in [7, 11) is 0. The molecular formula is C22H41F2NO. The first-order valence-corrected chi connectivity index (χ1v) is 10.7. The van der Waals surface area contributed by atoms with Crippen LogP contribution in [0.5, 0.6) is 0 Å². The Morgan fingerprint density at radius 1 is 1.31 bits per heavy atom. The fourth-order valence-electron chi connectivity index (χ4n) is 4.62. The first-order chi connectivity index (χ1) is 12.3. The molecule has 1 saturated carbocycles. The molecule has 1 rings (SSSR count). The molecular weight excluding hydrogens is 332 g/mol. The maximum atomic E-state index is 13.7. The average molecular weight is 374 g/mol. The third-order valence-corrected chi connectivity index (χ3v) is 6.00. The Bertz CT molecular complexity index is 398. The SMILES string of the molecule is CCCC(C)C1CC(C)CC(O)C1CCCNCC(F)CC/C=C(\C)F. The van der Waals surface area contributed by atoms with Gasteiger partial charge < -0.3 is 10.4 Å². The number of hydrogen-bond donors (Lipinski definition) is 2. The van der Waals surface area contributed by atoms with Crippen molar-refractivity contribution in [2.24, 2.45) is 23.7 Å².